The second-order valence-electron chi connectivity index (χ2n) is 6.80. The number of rotatable bonds is 4. The second-order valence-corrected chi connectivity index (χ2v) is 8.59. The van der Waals surface area contributed by atoms with Crippen molar-refractivity contribution in [2.75, 3.05) is 5.32 Å². The standard InChI is InChI=1S/C19H19ClN4O2S/c1-10-5-6-12(20)7-15(10)23-16(25)11(2)27-18-14(9-22)19(3,4)13(8-21)17(26)24-18/h5-7,11,13H,1-4H3,(H,23,25)(H,24,26)/t11-,13+/m0/s1. The van der Waals surface area contributed by atoms with Crippen LogP contribution >= 0.6 is 23.4 Å². The first-order valence-electron chi connectivity index (χ1n) is 8.20. The van der Waals surface area contributed by atoms with Gasteiger partial charge in [0, 0.05) is 16.1 Å². The van der Waals surface area contributed by atoms with E-state index in [-0.39, 0.29) is 11.5 Å². The summed E-state index contributed by atoms with van der Waals surface area (Å²) in [6, 6.07) is 9.24. The van der Waals surface area contributed by atoms with Gasteiger partial charge in [0.1, 0.15) is 5.92 Å². The Morgan fingerprint density at radius 2 is 2.07 bits per heavy atom. The molecule has 1 aromatic carbocycles. The molecule has 8 heteroatoms. The molecule has 2 amide bonds. The number of amides is 2. The maximum absolute atomic E-state index is 12.6. The van der Waals surface area contributed by atoms with Gasteiger partial charge in [0.15, 0.2) is 0 Å². The van der Waals surface area contributed by atoms with Gasteiger partial charge in [0.25, 0.3) is 0 Å². The third kappa shape index (κ3) is 4.27. The average Bonchev–Trinajstić information content (AvgIpc) is 2.57. The van der Waals surface area contributed by atoms with Gasteiger partial charge in [-0.05, 0) is 31.5 Å². The van der Waals surface area contributed by atoms with Crippen molar-refractivity contribution < 1.29 is 9.59 Å². The normalized spacial score (nSPS) is 19.5. The Bertz CT molecular complexity index is 911. The maximum Gasteiger partial charge on any atom is 0.243 e. The molecule has 2 rings (SSSR count). The van der Waals surface area contributed by atoms with Crippen molar-refractivity contribution in [3.05, 3.63) is 39.4 Å². The number of allylic oxidation sites excluding steroid dienone is 1. The summed E-state index contributed by atoms with van der Waals surface area (Å²) in [5, 5.41) is 24.5. The molecule has 0 radical (unpaired) electrons. The van der Waals surface area contributed by atoms with Crippen LogP contribution in [0.25, 0.3) is 0 Å². The molecule has 0 aromatic heterocycles. The van der Waals surface area contributed by atoms with Crippen LogP contribution in [-0.4, -0.2) is 17.1 Å². The molecule has 1 aliphatic rings. The van der Waals surface area contributed by atoms with E-state index in [2.05, 4.69) is 16.7 Å². The number of carbonyl (C=O) groups is 2. The number of nitrogens with zero attached hydrogens (tertiary/aromatic N) is 2. The van der Waals surface area contributed by atoms with Crippen molar-refractivity contribution in [3.63, 3.8) is 0 Å². The summed E-state index contributed by atoms with van der Waals surface area (Å²) in [5.41, 5.74) is 0.823. The number of anilines is 1. The summed E-state index contributed by atoms with van der Waals surface area (Å²) < 4.78 is 0. The molecule has 27 heavy (non-hydrogen) atoms. The van der Waals surface area contributed by atoms with E-state index in [1.807, 2.05) is 13.0 Å². The van der Waals surface area contributed by atoms with Gasteiger partial charge >= 0.3 is 0 Å². The number of aryl methyl sites for hydroxylation is 1. The van der Waals surface area contributed by atoms with Crippen molar-refractivity contribution in [1.29, 1.82) is 10.5 Å². The molecule has 0 fully saturated rings. The van der Waals surface area contributed by atoms with E-state index >= 15 is 0 Å². The van der Waals surface area contributed by atoms with Crippen LogP contribution < -0.4 is 10.6 Å². The predicted molar refractivity (Wildman–Crippen MR) is 106 cm³/mol. The van der Waals surface area contributed by atoms with Gasteiger partial charge in [-0.1, -0.05) is 43.3 Å². The molecular formula is C19H19ClN4O2S. The molecule has 0 unspecified atom stereocenters. The van der Waals surface area contributed by atoms with E-state index in [0.29, 0.717) is 15.7 Å². The van der Waals surface area contributed by atoms with Gasteiger partial charge in [-0.15, -0.1) is 0 Å². The van der Waals surface area contributed by atoms with Crippen molar-refractivity contribution in [1.82, 2.24) is 5.32 Å². The topological polar surface area (TPSA) is 106 Å². The molecule has 2 atom stereocenters. The van der Waals surface area contributed by atoms with Gasteiger partial charge in [-0.3, -0.25) is 9.59 Å². The molecule has 6 nitrogen and oxygen atoms in total. The van der Waals surface area contributed by atoms with Crippen LogP contribution in [0.15, 0.2) is 28.8 Å². The number of benzene rings is 1. The van der Waals surface area contributed by atoms with E-state index < -0.39 is 22.5 Å². The first-order chi connectivity index (χ1) is 12.6. The molecule has 1 aromatic rings. The summed E-state index contributed by atoms with van der Waals surface area (Å²) in [5.74, 6) is -1.72. The van der Waals surface area contributed by atoms with E-state index in [9.17, 15) is 20.1 Å². The number of nitrogens with one attached hydrogen (secondary N) is 2. The first kappa shape index (κ1) is 20.8. The van der Waals surface area contributed by atoms with Gasteiger partial charge in [-0.25, -0.2) is 0 Å². The fraction of sp³-hybridized carbons (Fsp3) is 0.368. The lowest BCUT2D eigenvalue weighted by atomic mass is 9.72. The Morgan fingerprint density at radius 3 is 2.67 bits per heavy atom. The van der Waals surface area contributed by atoms with E-state index in [1.54, 1.807) is 39.0 Å². The molecule has 1 aliphatic heterocycles. The van der Waals surface area contributed by atoms with E-state index in [1.165, 1.54) is 0 Å². The summed E-state index contributed by atoms with van der Waals surface area (Å²) in [6.45, 7) is 6.89. The lowest BCUT2D eigenvalue weighted by molar-refractivity contribution is -0.125. The number of carbonyl (C=O) groups excluding carboxylic acids is 2. The SMILES string of the molecule is Cc1ccc(Cl)cc1NC(=O)[C@H](C)SC1=C(C#N)C(C)(C)[C@H](C#N)C(=O)N1. The van der Waals surface area contributed by atoms with Crippen LogP contribution in [0.3, 0.4) is 0 Å². The minimum Gasteiger partial charge on any atom is -0.325 e. The second kappa shape index (κ2) is 8.04. The molecule has 0 bridgehead atoms. The minimum atomic E-state index is -0.963. The number of hydrogen-bond donors (Lipinski definition) is 2. The van der Waals surface area contributed by atoms with Crippen molar-refractivity contribution in [3.8, 4) is 12.1 Å². The predicted octanol–water partition coefficient (Wildman–Crippen LogP) is 3.74. The summed E-state index contributed by atoms with van der Waals surface area (Å²) >= 11 is 7.05. The van der Waals surface area contributed by atoms with Gasteiger partial charge in [-0.2, -0.15) is 10.5 Å². The molecule has 0 saturated carbocycles. The molecule has 140 valence electrons. The molecule has 0 spiro atoms. The smallest absolute Gasteiger partial charge is 0.243 e. The Morgan fingerprint density at radius 1 is 1.41 bits per heavy atom. The van der Waals surface area contributed by atoms with Crippen LogP contribution in [0.4, 0.5) is 5.69 Å². The molecule has 1 heterocycles. The van der Waals surface area contributed by atoms with Crippen LogP contribution in [-0.2, 0) is 9.59 Å². The van der Waals surface area contributed by atoms with Crippen molar-refractivity contribution in [2.45, 2.75) is 32.9 Å². The minimum absolute atomic E-state index is 0.287. The average molecular weight is 403 g/mol. The lowest BCUT2D eigenvalue weighted by Gasteiger charge is -2.35. The third-order valence-electron chi connectivity index (χ3n) is 4.45. The largest absolute Gasteiger partial charge is 0.325 e. The highest BCUT2D eigenvalue weighted by Crippen LogP contribution is 2.42. The van der Waals surface area contributed by atoms with Crippen LogP contribution in [0.2, 0.25) is 5.02 Å². The number of hydrogen-bond acceptors (Lipinski definition) is 5. The number of nitriles is 2. The first-order valence-corrected chi connectivity index (χ1v) is 9.46. The number of thioether (sulfide) groups is 1. The molecular weight excluding hydrogens is 384 g/mol. The Labute approximate surface area is 167 Å². The number of halogens is 1. The van der Waals surface area contributed by atoms with Crippen molar-refractivity contribution >= 4 is 40.9 Å². The molecule has 2 N–H and O–H groups in total. The highest BCUT2D eigenvalue weighted by Gasteiger charge is 2.45. The summed E-state index contributed by atoms with van der Waals surface area (Å²) in [7, 11) is 0. The fourth-order valence-electron chi connectivity index (χ4n) is 2.71. The van der Waals surface area contributed by atoms with Crippen LogP contribution in [0.1, 0.15) is 26.3 Å². The van der Waals surface area contributed by atoms with Crippen molar-refractivity contribution in [2.24, 2.45) is 11.3 Å². The van der Waals surface area contributed by atoms with Gasteiger partial charge in [0.05, 0.1) is 28.0 Å². The Balaban J connectivity index is 2.24. The highest BCUT2D eigenvalue weighted by molar-refractivity contribution is 8.04. The Hall–Kier alpha value is -2.48. The van der Waals surface area contributed by atoms with E-state index in [0.717, 1.165) is 17.3 Å². The monoisotopic (exact) mass is 402 g/mol. The van der Waals surface area contributed by atoms with Crippen LogP contribution in [0.5, 0.6) is 0 Å². The molecule has 0 saturated heterocycles. The highest BCUT2D eigenvalue weighted by atomic mass is 35.5. The lowest BCUT2D eigenvalue weighted by Crippen LogP contribution is -2.45. The summed E-state index contributed by atoms with van der Waals surface area (Å²) in [4.78, 5) is 24.8. The fourth-order valence-corrected chi connectivity index (χ4v) is 3.99. The third-order valence-corrected chi connectivity index (χ3v) is 5.80. The zero-order valence-corrected chi connectivity index (χ0v) is 17.0. The maximum atomic E-state index is 12.6. The van der Waals surface area contributed by atoms with Crippen LogP contribution in [0, 0.1) is 40.9 Å². The van der Waals surface area contributed by atoms with E-state index in [4.69, 9.17) is 11.6 Å². The zero-order chi connectivity index (χ0) is 20.4. The quantitative estimate of drug-likeness (QED) is 0.797. The van der Waals surface area contributed by atoms with Gasteiger partial charge < -0.3 is 10.6 Å². The van der Waals surface area contributed by atoms with Gasteiger partial charge in [0.2, 0.25) is 11.8 Å². The summed E-state index contributed by atoms with van der Waals surface area (Å²) in [6.07, 6.45) is 0. The molecule has 0 aliphatic carbocycles. The Kier molecular flexibility index (Phi) is 6.20. The zero-order valence-electron chi connectivity index (χ0n) is 15.4.